The molecule has 1 aliphatic carbocycles. The van der Waals surface area contributed by atoms with Crippen LogP contribution in [-0.4, -0.2) is 59.9 Å². The number of hydrogen-bond acceptors (Lipinski definition) is 3. The quantitative estimate of drug-likeness (QED) is 0.768. The predicted octanol–water partition coefficient (Wildman–Crippen LogP) is 1.90. The summed E-state index contributed by atoms with van der Waals surface area (Å²) in [6, 6.07) is 0. The van der Waals surface area contributed by atoms with E-state index < -0.39 is 11.3 Å². The predicted molar refractivity (Wildman–Crippen MR) is 69.7 cm³/mol. The Hall–Kier alpha value is -0.840. The summed E-state index contributed by atoms with van der Waals surface area (Å²) in [6.07, 6.45) is 0.535. The van der Waals surface area contributed by atoms with Crippen molar-refractivity contribution in [2.45, 2.75) is 38.5 Å². The first kappa shape index (κ1) is 13.2. The van der Waals surface area contributed by atoms with Crippen LogP contribution >= 0.6 is 0 Å². The van der Waals surface area contributed by atoms with Gasteiger partial charge in [0.2, 0.25) is 0 Å². The van der Waals surface area contributed by atoms with E-state index in [1.807, 2.05) is 20.8 Å². The van der Waals surface area contributed by atoms with Gasteiger partial charge >= 0.3 is 6.09 Å². The summed E-state index contributed by atoms with van der Waals surface area (Å²) in [5.41, 5.74) is -1.30. The highest BCUT2D eigenvalue weighted by molar-refractivity contribution is 5.69. The Morgan fingerprint density at radius 2 is 2.05 bits per heavy atom. The van der Waals surface area contributed by atoms with Gasteiger partial charge in [0.25, 0.3) is 0 Å². The number of amides is 1. The van der Waals surface area contributed by atoms with Crippen molar-refractivity contribution in [3.8, 4) is 0 Å². The van der Waals surface area contributed by atoms with Gasteiger partial charge in [0, 0.05) is 44.6 Å². The van der Waals surface area contributed by atoms with Crippen LogP contribution in [0.25, 0.3) is 0 Å². The van der Waals surface area contributed by atoms with Crippen molar-refractivity contribution >= 4 is 6.09 Å². The van der Waals surface area contributed by atoms with Gasteiger partial charge in [-0.2, -0.15) is 0 Å². The molecule has 2 aliphatic heterocycles. The first-order chi connectivity index (χ1) is 8.75. The number of carbonyl (C=O) groups is 1. The highest BCUT2D eigenvalue weighted by Crippen LogP contribution is 2.52. The average Bonchev–Trinajstić information content (AvgIpc) is 2.68. The largest absolute Gasteiger partial charge is 0.444 e. The van der Waals surface area contributed by atoms with Gasteiger partial charge in [-0.3, -0.25) is 4.90 Å². The summed E-state index contributed by atoms with van der Waals surface area (Å²) in [4.78, 5) is 15.7. The normalized spacial score (nSPS) is 34.9. The molecule has 0 aromatic carbocycles. The molecular weight excluding hydrogens is 247 g/mol. The van der Waals surface area contributed by atoms with Crippen LogP contribution in [0.2, 0.25) is 0 Å². The second-order valence-corrected chi connectivity index (χ2v) is 7.38. The number of nitrogens with zero attached hydrogens (tertiary/aromatic N) is 2. The molecule has 0 aromatic rings. The lowest BCUT2D eigenvalue weighted by molar-refractivity contribution is -0.00623. The Morgan fingerprint density at radius 3 is 2.58 bits per heavy atom. The molecule has 0 N–H and O–H groups in total. The first-order valence-electron chi connectivity index (χ1n) is 7.14. The molecule has 2 saturated heterocycles. The highest BCUT2D eigenvalue weighted by Gasteiger charge is 2.61. The lowest BCUT2D eigenvalue weighted by Gasteiger charge is -2.41. The van der Waals surface area contributed by atoms with Crippen LogP contribution in [0.15, 0.2) is 0 Å². The van der Waals surface area contributed by atoms with Gasteiger partial charge in [0.05, 0.1) is 0 Å². The smallest absolute Gasteiger partial charge is 0.410 e. The minimum absolute atomic E-state index is 0.227. The molecule has 2 atom stereocenters. The maximum atomic E-state index is 13.8. The van der Waals surface area contributed by atoms with Crippen molar-refractivity contribution in [2.75, 3.05) is 32.7 Å². The zero-order chi connectivity index (χ0) is 13.8. The maximum Gasteiger partial charge on any atom is 0.410 e. The Morgan fingerprint density at radius 1 is 1.37 bits per heavy atom. The van der Waals surface area contributed by atoms with E-state index in [1.54, 1.807) is 4.90 Å². The topological polar surface area (TPSA) is 32.8 Å². The van der Waals surface area contributed by atoms with Crippen molar-refractivity contribution in [1.29, 1.82) is 0 Å². The molecule has 1 amide bonds. The van der Waals surface area contributed by atoms with Crippen molar-refractivity contribution in [3.63, 3.8) is 0 Å². The monoisotopic (exact) mass is 270 g/mol. The number of piperidine rings is 1. The zero-order valence-electron chi connectivity index (χ0n) is 12.0. The molecule has 0 spiro atoms. The lowest BCUT2D eigenvalue weighted by atomic mass is 10.0. The number of hydrogen-bond donors (Lipinski definition) is 0. The number of ether oxygens (including phenoxy) is 1. The van der Waals surface area contributed by atoms with Crippen LogP contribution < -0.4 is 0 Å². The van der Waals surface area contributed by atoms with E-state index in [0.29, 0.717) is 12.5 Å². The van der Waals surface area contributed by atoms with Crippen LogP contribution in [0.4, 0.5) is 9.18 Å². The molecule has 0 radical (unpaired) electrons. The molecule has 1 saturated carbocycles. The summed E-state index contributed by atoms with van der Waals surface area (Å²) in [7, 11) is 0. The zero-order valence-corrected chi connectivity index (χ0v) is 12.0. The van der Waals surface area contributed by atoms with Crippen LogP contribution in [0.5, 0.6) is 0 Å². The third kappa shape index (κ3) is 2.71. The average molecular weight is 270 g/mol. The molecule has 3 aliphatic rings. The van der Waals surface area contributed by atoms with Crippen LogP contribution in [0, 0.1) is 11.8 Å². The highest BCUT2D eigenvalue weighted by atomic mass is 19.1. The fourth-order valence-electron chi connectivity index (χ4n) is 3.19. The third-order valence-corrected chi connectivity index (χ3v) is 4.25. The molecule has 19 heavy (non-hydrogen) atoms. The number of fused-ring (bicyclic) bond motifs is 1. The molecule has 1 unspecified atom stereocenters. The van der Waals surface area contributed by atoms with E-state index in [0.717, 1.165) is 32.6 Å². The van der Waals surface area contributed by atoms with Crippen molar-refractivity contribution in [3.05, 3.63) is 0 Å². The summed E-state index contributed by atoms with van der Waals surface area (Å²) >= 11 is 0. The number of halogens is 1. The second kappa shape index (κ2) is 4.08. The number of carbonyl (C=O) groups excluding carboxylic acids is 1. The van der Waals surface area contributed by atoms with E-state index >= 15 is 0 Å². The summed E-state index contributed by atoms with van der Waals surface area (Å²) in [5, 5.41) is 0. The van der Waals surface area contributed by atoms with Gasteiger partial charge in [-0.25, -0.2) is 9.18 Å². The number of alkyl halides is 1. The molecule has 3 fully saturated rings. The number of likely N-dealkylation sites (tertiary alicyclic amines) is 2. The first-order valence-corrected chi connectivity index (χ1v) is 7.14. The standard InChI is InChI=1S/C14H23FN2O2/c1-13(2,3)19-12(18)17-6-10(7-17)5-16-8-11-4-14(11,15)9-16/h10-11H,4-9H2,1-3H3/t11?,14-/m0/s1. The molecular formula is C14H23FN2O2. The van der Waals surface area contributed by atoms with Crippen molar-refractivity contribution in [1.82, 2.24) is 9.80 Å². The van der Waals surface area contributed by atoms with Crippen LogP contribution in [0.1, 0.15) is 27.2 Å². The molecule has 3 rings (SSSR count). The molecule has 0 bridgehead atoms. The van der Waals surface area contributed by atoms with Crippen molar-refractivity contribution in [2.24, 2.45) is 11.8 Å². The molecule has 5 heteroatoms. The molecule has 4 nitrogen and oxygen atoms in total. The van der Waals surface area contributed by atoms with E-state index in [2.05, 4.69) is 4.90 Å². The maximum absolute atomic E-state index is 13.8. The minimum Gasteiger partial charge on any atom is -0.444 e. The fourth-order valence-corrected chi connectivity index (χ4v) is 3.19. The molecule has 0 aromatic heterocycles. The lowest BCUT2D eigenvalue weighted by Crippen LogP contribution is -2.55. The van der Waals surface area contributed by atoms with Gasteiger partial charge < -0.3 is 9.64 Å². The summed E-state index contributed by atoms with van der Waals surface area (Å²) in [5.74, 6) is 0.767. The molecule has 2 heterocycles. The number of rotatable bonds is 2. The third-order valence-electron chi connectivity index (χ3n) is 4.25. The van der Waals surface area contributed by atoms with Gasteiger partial charge in [0.1, 0.15) is 11.3 Å². The second-order valence-electron chi connectivity index (χ2n) is 7.38. The minimum atomic E-state index is -0.866. The summed E-state index contributed by atoms with van der Waals surface area (Å²) in [6.45, 7) is 9.53. The summed E-state index contributed by atoms with van der Waals surface area (Å²) < 4.78 is 19.1. The van der Waals surface area contributed by atoms with Crippen LogP contribution in [0.3, 0.4) is 0 Å². The van der Waals surface area contributed by atoms with Gasteiger partial charge in [-0.05, 0) is 27.2 Å². The van der Waals surface area contributed by atoms with Gasteiger partial charge in [0.15, 0.2) is 0 Å². The Labute approximate surface area is 113 Å². The Kier molecular flexibility index (Phi) is 2.82. The molecule has 108 valence electrons. The van der Waals surface area contributed by atoms with E-state index in [4.69, 9.17) is 4.74 Å². The van der Waals surface area contributed by atoms with Crippen molar-refractivity contribution < 1.29 is 13.9 Å². The Balaban J connectivity index is 1.38. The SMILES string of the molecule is CC(C)(C)OC(=O)N1CC(CN2CC3C[C@]3(F)C2)C1. The van der Waals surface area contributed by atoms with Gasteiger partial charge in [-0.15, -0.1) is 0 Å². The van der Waals surface area contributed by atoms with E-state index in [-0.39, 0.29) is 12.0 Å². The van der Waals surface area contributed by atoms with Crippen LogP contribution in [-0.2, 0) is 4.74 Å². The fraction of sp³-hybridized carbons (Fsp3) is 0.929. The van der Waals surface area contributed by atoms with E-state index in [1.165, 1.54) is 0 Å². The van der Waals surface area contributed by atoms with E-state index in [9.17, 15) is 9.18 Å². The van der Waals surface area contributed by atoms with Gasteiger partial charge in [-0.1, -0.05) is 0 Å². The Bertz CT molecular complexity index is 389.